The molecule has 1 saturated heterocycles. The molecule has 0 amide bonds. The minimum atomic E-state index is -3.26. The molecule has 2 aromatic rings. The standard InChI is InChI=1S/C12H20BN4O5P/c1-7-4-20-23(13,19)21-5-9(18)12(22-7)17-3-2-8-10(14)15-6-16-11(8)17/h2-3,6-7,9,12,18-19,23H,4-5,13H2,1H3,(H2,14,15,16)/t7-,9-,12+/m0/s1. The van der Waals surface area contributed by atoms with Crippen molar-refractivity contribution >= 4 is 32.2 Å². The van der Waals surface area contributed by atoms with Crippen molar-refractivity contribution < 1.29 is 23.8 Å². The Morgan fingerprint density at radius 3 is 2.91 bits per heavy atom. The summed E-state index contributed by atoms with van der Waals surface area (Å²) in [6.45, 7) is 1.85. The van der Waals surface area contributed by atoms with Gasteiger partial charge in [-0.25, -0.2) is 0 Å². The van der Waals surface area contributed by atoms with Crippen molar-refractivity contribution in [2.45, 2.75) is 25.4 Å². The van der Waals surface area contributed by atoms with E-state index in [1.165, 1.54) is 13.9 Å². The molecule has 1 fully saturated rings. The van der Waals surface area contributed by atoms with Gasteiger partial charge in [-0.05, 0) is 0 Å². The van der Waals surface area contributed by atoms with Gasteiger partial charge in [0.15, 0.2) is 0 Å². The number of hydrogen-bond donors (Lipinski definition) is 3. The molecule has 0 spiro atoms. The molecule has 3 heterocycles. The average molecular weight is 342 g/mol. The average Bonchev–Trinajstić information content (AvgIpc) is 2.94. The van der Waals surface area contributed by atoms with Gasteiger partial charge in [-0.1, -0.05) is 0 Å². The summed E-state index contributed by atoms with van der Waals surface area (Å²) in [7, 11) is -1.76. The third kappa shape index (κ3) is 3.47. The Morgan fingerprint density at radius 1 is 1.39 bits per heavy atom. The van der Waals surface area contributed by atoms with Gasteiger partial charge in [0, 0.05) is 0 Å². The molecule has 126 valence electrons. The summed E-state index contributed by atoms with van der Waals surface area (Å²) in [5.74, 6) is 0.356. The molecule has 1 aliphatic rings. The summed E-state index contributed by atoms with van der Waals surface area (Å²) in [5.41, 5.74) is 6.39. The maximum atomic E-state index is 10.5. The van der Waals surface area contributed by atoms with Crippen molar-refractivity contribution in [3.05, 3.63) is 18.6 Å². The molecule has 0 radical (unpaired) electrons. The molecule has 9 nitrogen and oxygen atoms in total. The molecular weight excluding hydrogens is 322 g/mol. The summed E-state index contributed by atoms with van der Waals surface area (Å²) < 4.78 is 18.3. The molecule has 0 bridgehead atoms. The number of nitrogen functional groups attached to an aromatic ring is 1. The monoisotopic (exact) mass is 342 g/mol. The SMILES string of the molecule is B[PH]1(O)OC[C@H](C)O[C@@H](n2ccc3c(N)ncnc32)[C@@H](O)CO1. The summed E-state index contributed by atoms with van der Waals surface area (Å²) in [4.78, 5) is 18.2. The van der Waals surface area contributed by atoms with Crippen LogP contribution in [0.2, 0.25) is 0 Å². The van der Waals surface area contributed by atoms with Gasteiger partial charge < -0.3 is 0 Å². The van der Waals surface area contributed by atoms with E-state index in [2.05, 4.69) is 9.97 Å². The quantitative estimate of drug-likeness (QED) is 0.462. The predicted molar refractivity (Wildman–Crippen MR) is 88.5 cm³/mol. The first kappa shape index (κ1) is 16.6. The van der Waals surface area contributed by atoms with Crippen LogP contribution in [0.15, 0.2) is 18.6 Å². The van der Waals surface area contributed by atoms with Crippen LogP contribution >= 0.6 is 7.82 Å². The number of fused-ring (bicyclic) bond motifs is 1. The molecular formula is C12H20BN4O5P. The van der Waals surface area contributed by atoms with Crippen LogP contribution in [0.25, 0.3) is 11.0 Å². The van der Waals surface area contributed by atoms with Gasteiger partial charge in [-0.2, -0.15) is 0 Å². The number of anilines is 1. The summed E-state index contributed by atoms with van der Waals surface area (Å²) >= 11 is 0. The van der Waals surface area contributed by atoms with Crippen LogP contribution in [0.5, 0.6) is 0 Å². The molecule has 3 rings (SSSR count). The van der Waals surface area contributed by atoms with E-state index in [1.54, 1.807) is 23.8 Å². The number of ether oxygens (including phenoxy) is 1. The number of hydrogen-bond acceptors (Lipinski definition) is 8. The molecule has 0 unspecified atom stereocenters. The van der Waals surface area contributed by atoms with E-state index >= 15 is 0 Å². The van der Waals surface area contributed by atoms with E-state index < -0.39 is 20.2 Å². The topological polar surface area (TPSA) is 125 Å². The van der Waals surface area contributed by atoms with Crippen LogP contribution < -0.4 is 5.73 Å². The molecule has 2 aromatic heterocycles. The van der Waals surface area contributed by atoms with E-state index in [0.29, 0.717) is 16.9 Å². The fourth-order valence-corrected chi connectivity index (χ4v) is 3.56. The Kier molecular flexibility index (Phi) is 4.55. The number of aliphatic hydroxyl groups excluding tert-OH is 1. The molecule has 0 aliphatic carbocycles. The Balaban J connectivity index is 1.96. The van der Waals surface area contributed by atoms with E-state index in [9.17, 15) is 10.00 Å². The normalized spacial score (nSPS) is 30.3. The van der Waals surface area contributed by atoms with Crippen LogP contribution in [0.3, 0.4) is 0 Å². The molecule has 0 saturated carbocycles. The molecule has 0 aromatic carbocycles. The van der Waals surface area contributed by atoms with Crippen molar-refractivity contribution in [2.24, 2.45) is 0 Å². The summed E-state index contributed by atoms with van der Waals surface area (Å²) in [6.07, 6.45) is 0.973. The predicted octanol–water partition coefficient (Wildman–Crippen LogP) is -0.640. The van der Waals surface area contributed by atoms with Gasteiger partial charge in [0.05, 0.1) is 0 Å². The van der Waals surface area contributed by atoms with Crippen LogP contribution in [-0.4, -0.2) is 57.5 Å². The van der Waals surface area contributed by atoms with Crippen molar-refractivity contribution in [3.8, 4) is 0 Å². The fraction of sp³-hybridized carbons (Fsp3) is 0.500. The van der Waals surface area contributed by atoms with E-state index in [4.69, 9.17) is 19.5 Å². The fourth-order valence-electron chi connectivity index (χ4n) is 2.45. The molecule has 23 heavy (non-hydrogen) atoms. The first-order valence-electron chi connectivity index (χ1n) is 7.28. The van der Waals surface area contributed by atoms with Gasteiger partial charge in [-0.15, -0.1) is 0 Å². The second kappa shape index (κ2) is 6.31. The number of nitrogens with zero attached hydrogens (tertiary/aromatic N) is 3. The van der Waals surface area contributed by atoms with E-state index in [1.807, 2.05) is 0 Å². The van der Waals surface area contributed by atoms with Crippen LogP contribution in [-0.2, 0) is 13.8 Å². The van der Waals surface area contributed by atoms with Gasteiger partial charge in [-0.3, -0.25) is 0 Å². The van der Waals surface area contributed by atoms with Crippen molar-refractivity contribution in [2.75, 3.05) is 18.9 Å². The number of nitrogens with two attached hydrogens (primary N) is 1. The Bertz CT molecular complexity index is 699. The van der Waals surface area contributed by atoms with Crippen LogP contribution in [0, 0.1) is 0 Å². The van der Waals surface area contributed by atoms with Gasteiger partial charge in [0.1, 0.15) is 0 Å². The third-order valence-corrected chi connectivity index (χ3v) is 5.03. The second-order valence-electron chi connectivity index (χ2n) is 5.64. The van der Waals surface area contributed by atoms with Crippen molar-refractivity contribution in [1.29, 1.82) is 0 Å². The Morgan fingerprint density at radius 2 is 2.13 bits per heavy atom. The van der Waals surface area contributed by atoms with Crippen LogP contribution in [0.1, 0.15) is 13.2 Å². The zero-order valence-electron chi connectivity index (χ0n) is 12.9. The number of aliphatic hydroxyl groups is 1. The molecule has 3 atom stereocenters. The van der Waals surface area contributed by atoms with E-state index in [0.717, 1.165) is 0 Å². The zero-order chi connectivity index (χ0) is 16.6. The summed E-state index contributed by atoms with van der Waals surface area (Å²) in [6, 6.07) is 1.76. The molecule has 4 N–H and O–H groups in total. The van der Waals surface area contributed by atoms with Gasteiger partial charge >= 0.3 is 133 Å². The maximum absolute atomic E-state index is 10.5. The first-order chi connectivity index (χ1) is 10.9. The first-order valence-corrected chi connectivity index (χ1v) is 9.54. The van der Waals surface area contributed by atoms with Crippen LogP contribution in [0.4, 0.5) is 5.82 Å². The third-order valence-electron chi connectivity index (χ3n) is 3.62. The number of rotatable bonds is 1. The second-order valence-corrected chi connectivity index (χ2v) is 8.02. The number of aromatic nitrogens is 3. The zero-order valence-corrected chi connectivity index (χ0v) is 13.9. The summed E-state index contributed by atoms with van der Waals surface area (Å²) in [5, 5.41) is 11.1. The van der Waals surface area contributed by atoms with Gasteiger partial charge in [0.2, 0.25) is 0 Å². The van der Waals surface area contributed by atoms with Crippen molar-refractivity contribution in [1.82, 2.24) is 14.5 Å². The van der Waals surface area contributed by atoms with Crippen molar-refractivity contribution in [3.63, 3.8) is 0 Å². The Hall–Kier alpha value is -1.29. The van der Waals surface area contributed by atoms with Gasteiger partial charge in [0.25, 0.3) is 0 Å². The Labute approximate surface area is 134 Å². The minimum absolute atomic E-state index is 0.114. The molecule has 1 aliphatic heterocycles. The molecule has 11 heteroatoms. The van der Waals surface area contributed by atoms with E-state index in [-0.39, 0.29) is 19.3 Å².